The number of fused-ring (bicyclic) bond motifs is 1. The van der Waals surface area contributed by atoms with Gasteiger partial charge < -0.3 is 25.7 Å². The molecule has 3 atom stereocenters. The molecule has 1 fully saturated rings. The minimum atomic E-state index is -1.27. The van der Waals surface area contributed by atoms with Gasteiger partial charge in [0.05, 0.1) is 18.1 Å². The zero-order valence-corrected chi connectivity index (χ0v) is 14.8. The molecule has 9 heteroatoms. The summed E-state index contributed by atoms with van der Waals surface area (Å²) in [6, 6.07) is 3.35. The number of nitrogens with zero attached hydrogens (tertiary/aromatic N) is 1. The molecule has 4 N–H and O–H groups in total. The smallest absolute Gasteiger partial charge is 0.352 e. The molecule has 0 spiro atoms. The molecule has 2 heterocycles. The highest BCUT2D eigenvalue weighted by Crippen LogP contribution is 2.47. The molecule has 144 valence electrons. The lowest BCUT2D eigenvalue weighted by atomic mass is 9.82. The lowest BCUT2D eigenvalue weighted by molar-refractivity contribution is -0.161. The Labute approximate surface area is 154 Å². The number of carbonyl (C=O) groups is 3. The summed E-state index contributed by atoms with van der Waals surface area (Å²) >= 11 is 0. The van der Waals surface area contributed by atoms with Gasteiger partial charge in [-0.1, -0.05) is 12.1 Å². The Morgan fingerprint density at radius 1 is 1.41 bits per heavy atom. The van der Waals surface area contributed by atoms with E-state index in [0.717, 1.165) is 0 Å². The van der Waals surface area contributed by atoms with Gasteiger partial charge in [-0.15, -0.1) is 0 Å². The van der Waals surface area contributed by atoms with Gasteiger partial charge in [0.15, 0.2) is 0 Å². The van der Waals surface area contributed by atoms with Crippen LogP contribution < -0.4 is 10.6 Å². The second kappa shape index (κ2) is 6.99. The molecular formula is C18H20FN3O5. The van der Waals surface area contributed by atoms with Gasteiger partial charge in [0, 0.05) is 19.2 Å². The van der Waals surface area contributed by atoms with E-state index in [9.17, 15) is 29.0 Å². The van der Waals surface area contributed by atoms with Crippen LogP contribution in [0.15, 0.2) is 23.9 Å². The van der Waals surface area contributed by atoms with Crippen molar-refractivity contribution in [2.45, 2.75) is 32.0 Å². The molecule has 0 bridgehead atoms. The van der Waals surface area contributed by atoms with Gasteiger partial charge >= 0.3 is 12.0 Å². The van der Waals surface area contributed by atoms with E-state index in [1.165, 1.54) is 31.0 Å². The van der Waals surface area contributed by atoms with E-state index in [2.05, 4.69) is 10.6 Å². The van der Waals surface area contributed by atoms with Gasteiger partial charge in [-0.05, 0) is 30.5 Å². The van der Waals surface area contributed by atoms with Crippen molar-refractivity contribution in [3.8, 4) is 0 Å². The number of aliphatic hydroxyl groups excluding tert-OH is 1. The minimum Gasteiger partial charge on any atom is -0.477 e. The number of amides is 3. The summed E-state index contributed by atoms with van der Waals surface area (Å²) < 4.78 is 14.4. The predicted molar refractivity (Wildman–Crippen MR) is 92.7 cm³/mol. The zero-order valence-electron chi connectivity index (χ0n) is 14.8. The van der Waals surface area contributed by atoms with Crippen LogP contribution in [0.2, 0.25) is 0 Å². The Balaban J connectivity index is 1.89. The number of benzene rings is 1. The fourth-order valence-electron chi connectivity index (χ4n) is 3.67. The molecule has 1 saturated heterocycles. The van der Waals surface area contributed by atoms with E-state index in [0.29, 0.717) is 11.1 Å². The molecule has 2 aliphatic heterocycles. The van der Waals surface area contributed by atoms with Crippen LogP contribution in [-0.2, 0) is 16.1 Å². The molecule has 0 aliphatic carbocycles. The van der Waals surface area contributed by atoms with Crippen LogP contribution >= 0.6 is 0 Å². The fourth-order valence-corrected chi connectivity index (χ4v) is 3.67. The van der Waals surface area contributed by atoms with Crippen LogP contribution in [0.4, 0.5) is 9.18 Å². The largest absolute Gasteiger partial charge is 0.477 e. The summed E-state index contributed by atoms with van der Waals surface area (Å²) in [7, 11) is 1.44. The molecular weight excluding hydrogens is 357 g/mol. The molecule has 0 saturated carbocycles. The number of nitrogens with one attached hydrogen (secondary N) is 2. The number of hydrogen-bond donors (Lipinski definition) is 4. The predicted octanol–water partition coefficient (Wildman–Crippen LogP) is 0.662. The number of β-lactam (4-membered cyclic amide) rings is 1. The number of carbonyl (C=O) groups excluding carboxylic acids is 2. The van der Waals surface area contributed by atoms with Crippen molar-refractivity contribution >= 4 is 23.5 Å². The quantitative estimate of drug-likeness (QED) is 0.562. The highest BCUT2D eigenvalue weighted by atomic mass is 19.1. The Bertz CT molecular complexity index is 851. The van der Waals surface area contributed by atoms with E-state index in [1.54, 1.807) is 6.07 Å². The average Bonchev–Trinajstić information content (AvgIpc) is 2.95. The van der Waals surface area contributed by atoms with Crippen LogP contribution in [0.3, 0.4) is 0 Å². The first kappa shape index (κ1) is 18.8. The van der Waals surface area contributed by atoms with Gasteiger partial charge in [-0.3, -0.25) is 4.79 Å². The van der Waals surface area contributed by atoms with Crippen LogP contribution in [-0.4, -0.2) is 52.2 Å². The van der Waals surface area contributed by atoms with E-state index in [4.69, 9.17) is 0 Å². The van der Waals surface area contributed by atoms with E-state index >= 15 is 0 Å². The summed E-state index contributed by atoms with van der Waals surface area (Å²) in [4.78, 5) is 36.3. The number of aliphatic carboxylic acids is 1. The Morgan fingerprint density at radius 3 is 2.67 bits per heavy atom. The summed E-state index contributed by atoms with van der Waals surface area (Å²) in [5, 5.41) is 24.1. The minimum absolute atomic E-state index is 0.0199. The van der Waals surface area contributed by atoms with Gasteiger partial charge in [-0.25, -0.2) is 14.0 Å². The summed E-state index contributed by atoms with van der Waals surface area (Å²) in [5.41, 5.74) is 0.797. The van der Waals surface area contributed by atoms with Gasteiger partial charge in [0.25, 0.3) is 0 Å². The molecule has 0 radical (unpaired) electrons. The number of carboxylic acids is 1. The van der Waals surface area contributed by atoms with Gasteiger partial charge in [0.1, 0.15) is 11.5 Å². The summed E-state index contributed by atoms with van der Waals surface area (Å²) in [5.74, 6) is -2.95. The number of rotatable bonds is 5. The SMILES string of the molecule is CNC(=O)NCc1ccc(C2=C(C(=O)O)N3C(=O)[C@H]([C@@H](C)O)[C@H]3C2)cc1F. The van der Waals surface area contributed by atoms with Crippen molar-refractivity contribution in [2.24, 2.45) is 5.92 Å². The molecule has 3 rings (SSSR count). The molecule has 8 nitrogen and oxygen atoms in total. The van der Waals surface area contributed by atoms with Crippen LogP contribution in [0.25, 0.3) is 5.57 Å². The van der Waals surface area contributed by atoms with Crippen LogP contribution in [0.5, 0.6) is 0 Å². The maximum absolute atomic E-state index is 14.4. The van der Waals surface area contributed by atoms with Crippen molar-refractivity contribution in [1.82, 2.24) is 15.5 Å². The Kier molecular flexibility index (Phi) is 4.88. The standard InChI is InChI=1S/C18H20FN3O5/c1-8(23)14-13-6-11(15(17(25)26)22(13)16(14)24)9-3-4-10(12(19)5-9)7-21-18(27)20-2/h3-5,8,13-14,23H,6-7H2,1-2H3,(H,25,26)(H2,20,21,27)/t8-,13-,14-/m1/s1. The van der Waals surface area contributed by atoms with Crippen molar-refractivity contribution in [2.75, 3.05) is 7.05 Å². The number of hydrogen-bond acceptors (Lipinski definition) is 4. The molecule has 0 unspecified atom stereocenters. The summed E-state index contributed by atoms with van der Waals surface area (Å²) in [6.45, 7) is 1.47. The second-order valence-electron chi connectivity index (χ2n) is 6.62. The Morgan fingerprint density at radius 2 is 2.11 bits per heavy atom. The third kappa shape index (κ3) is 3.14. The first-order chi connectivity index (χ1) is 12.8. The van der Waals surface area contributed by atoms with Crippen molar-refractivity contribution in [3.05, 3.63) is 40.8 Å². The molecule has 2 aliphatic rings. The maximum atomic E-state index is 14.4. The second-order valence-corrected chi connectivity index (χ2v) is 6.62. The molecule has 1 aromatic rings. The third-order valence-electron chi connectivity index (χ3n) is 5.00. The number of carboxylic acid groups (broad SMARTS) is 1. The monoisotopic (exact) mass is 377 g/mol. The lowest BCUT2D eigenvalue weighted by Crippen LogP contribution is -2.61. The van der Waals surface area contributed by atoms with E-state index in [1.807, 2.05) is 0 Å². The zero-order chi connectivity index (χ0) is 19.9. The third-order valence-corrected chi connectivity index (χ3v) is 5.00. The van der Waals surface area contributed by atoms with Crippen molar-refractivity contribution < 1.29 is 29.0 Å². The number of urea groups is 1. The average molecular weight is 377 g/mol. The number of halogens is 1. The van der Waals surface area contributed by atoms with Gasteiger partial charge in [0.2, 0.25) is 5.91 Å². The van der Waals surface area contributed by atoms with Gasteiger partial charge in [-0.2, -0.15) is 0 Å². The Hall–Kier alpha value is -2.94. The van der Waals surface area contributed by atoms with E-state index < -0.39 is 41.8 Å². The summed E-state index contributed by atoms with van der Waals surface area (Å²) in [6.07, 6.45) is -0.652. The number of aliphatic hydroxyl groups is 1. The first-order valence-electron chi connectivity index (χ1n) is 8.48. The first-order valence-corrected chi connectivity index (χ1v) is 8.48. The van der Waals surface area contributed by atoms with Crippen molar-refractivity contribution in [1.29, 1.82) is 0 Å². The molecule has 1 aromatic carbocycles. The fraction of sp³-hybridized carbons (Fsp3) is 0.389. The lowest BCUT2D eigenvalue weighted by Gasteiger charge is -2.44. The highest BCUT2D eigenvalue weighted by Gasteiger charge is 2.56. The molecule has 3 amide bonds. The highest BCUT2D eigenvalue weighted by molar-refractivity contribution is 6.06. The van der Waals surface area contributed by atoms with Crippen molar-refractivity contribution in [3.63, 3.8) is 0 Å². The van der Waals surface area contributed by atoms with Crippen LogP contribution in [0, 0.1) is 11.7 Å². The maximum Gasteiger partial charge on any atom is 0.352 e. The van der Waals surface area contributed by atoms with E-state index in [-0.39, 0.29) is 24.2 Å². The topological polar surface area (TPSA) is 119 Å². The van der Waals surface area contributed by atoms with Crippen LogP contribution in [0.1, 0.15) is 24.5 Å². The normalized spacial score (nSPS) is 22.2. The molecule has 0 aromatic heterocycles. The molecule has 27 heavy (non-hydrogen) atoms.